The minimum Gasteiger partial charge on any atom is -0.497 e. The van der Waals surface area contributed by atoms with Crippen molar-refractivity contribution in [2.24, 2.45) is 5.92 Å². The molecule has 0 fully saturated rings. The molecule has 2 atom stereocenters. The van der Waals surface area contributed by atoms with Gasteiger partial charge in [0.1, 0.15) is 17.4 Å². The van der Waals surface area contributed by atoms with Gasteiger partial charge in [0, 0.05) is 6.04 Å². The minimum atomic E-state index is -0.632. The van der Waals surface area contributed by atoms with E-state index in [1.54, 1.807) is 27.9 Å². The van der Waals surface area contributed by atoms with Gasteiger partial charge >= 0.3 is 6.09 Å². The van der Waals surface area contributed by atoms with E-state index in [4.69, 9.17) is 9.47 Å². The van der Waals surface area contributed by atoms with Crippen LogP contribution in [-0.2, 0) is 16.0 Å². The topological polar surface area (TPSA) is 76.7 Å². The largest absolute Gasteiger partial charge is 0.497 e. The highest BCUT2D eigenvalue weighted by molar-refractivity contribution is 5.85. The van der Waals surface area contributed by atoms with Crippen LogP contribution in [-0.4, -0.2) is 36.8 Å². The number of hydrogen-bond acceptors (Lipinski definition) is 4. The van der Waals surface area contributed by atoms with Crippen molar-refractivity contribution in [3.63, 3.8) is 0 Å². The van der Waals surface area contributed by atoms with Gasteiger partial charge < -0.3 is 20.1 Å². The fraction of sp³-hybridized carbons (Fsp3) is 0.619. The normalized spacial score (nSPS) is 13.6. The SMILES string of the molecule is COc1cccc(CC(C)NC(=O)C(CC(C)C)NC(=O)OC(C)(C)C)c1. The summed E-state index contributed by atoms with van der Waals surface area (Å²) in [5.74, 6) is 0.838. The summed E-state index contributed by atoms with van der Waals surface area (Å²) < 4.78 is 10.5. The minimum absolute atomic E-state index is 0.0836. The van der Waals surface area contributed by atoms with E-state index in [0.717, 1.165) is 11.3 Å². The fourth-order valence-corrected chi connectivity index (χ4v) is 2.70. The van der Waals surface area contributed by atoms with E-state index < -0.39 is 17.7 Å². The van der Waals surface area contributed by atoms with Gasteiger partial charge in [0.15, 0.2) is 0 Å². The Hall–Kier alpha value is -2.24. The average molecular weight is 379 g/mol. The number of hydrogen-bond donors (Lipinski definition) is 2. The quantitative estimate of drug-likeness (QED) is 0.723. The molecule has 0 radical (unpaired) electrons. The van der Waals surface area contributed by atoms with Gasteiger partial charge in [0.25, 0.3) is 0 Å². The maximum Gasteiger partial charge on any atom is 0.408 e. The number of benzene rings is 1. The van der Waals surface area contributed by atoms with Crippen LogP contribution in [0.2, 0.25) is 0 Å². The van der Waals surface area contributed by atoms with Gasteiger partial charge in [-0.05, 0) is 64.2 Å². The van der Waals surface area contributed by atoms with Crippen molar-refractivity contribution in [3.8, 4) is 5.75 Å². The van der Waals surface area contributed by atoms with Crippen LogP contribution in [0.1, 0.15) is 53.5 Å². The number of rotatable bonds is 8. The maximum atomic E-state index is 12.7. The number of methoxy groups -OCH3 is 1. The Balaban J connectivity index is 2.69. The molecule has 1 aromatic carbocycles. The summed E-state index contributed by atoms with van der Waals surface area (Å²) in [5, 5.41) is 5.69. The molecule has 1 rings (SSSR count). The lowest BCUT2D eigenvalue weighted by atomic mass is 10.0. The standard InChI is InChI=1S/C21H34N2O4/c1-14(2)11-18(23-20(25)27-21(4,5)6)19(24)22-15(3)12-16-9-8-10-17(13-16)26-7/h8-10,13-15,18H,11-12H2,1-7H3,(H,22,24)(H,23,25). The molecule has 0 saturated carbocycles. The molecule has 27 heavy (non-hydrogen) atoms. The molecular formula is C21H34N2O4. The molecule has 2 amide bonds. The molecule has 0 aromatic heterocycles. The number of carbonyl (C=O) groups excluding carboxylic acids is 2. The highest BCUT2D eigenvalue weighted by Crippen LogP contribution is 2.14. The van der Waals surface area contributed by atoms with Crippen molar-refractivity contribution in [1.82, 2.24) is 10.6 Å². The number of carbonyl (C=O) groups is 2. The lowest BCUT2D eigenvalue weighted by Crippen LogP contribution is -2.51. The predicted molar refractivity (Wildman–Crippen MR) is 107 cm³/mol. The smallest absolute Gasteiger partial charge is 0.408 e. The van der Waals surface area contributed by atoms with Crippen LogP contribution >= 0.6 is 0 Å². The molecule has 152 valence electrons. The molecule has 0 heterocycles. The van der Waals surface area contributed by atoms with Gasteiger partial charge in [0.05, 0.1) is 7.11 Å². The molecule has 2 unspecified atom stereocenters. The van der Waals surface area contributed by atoms with E-state index >= 15 is 0 Å². The summed E-state index contributed by atoms with van der Waals surface area (Å²) in [4.78, 5) is 24.8. The Morgan fingerprint density at radius 2 is 1.78 bits per heavy atom. The van der Waals surface area contributed by atoms with Crippen LogP contribution in [0.25, 0.3) is 0 Å². The predicted octanol–water partition coefficient (Wildman–Crippen LogP) is 3.68. The molecule has 0 spiro atoms. The van der Waals surface area contributed by atoms with Crippen molar-refractivity contribution in [2.75, 3.05) is 7.11 Å². The van der Waals surface area contributed by atoms with Crippen LogP contribution < -0.4 is 15.4 Å². The number of alkyl carbamates (subject to hydrolysis) is 1. The van der Waals surface area contributed by atoms with Crippen LogP contribution in [0, 0.1) is 5.92 Å². The molecule has 6 nitrogen and oxygen atoms in total. The Labute approximate surface area is 163 Å². The lowest BCUT2D eigenvalue weighted by molar-refractivity contribution is -0.124. The van der Waals surface area contributed by atoms with E-state index in [9.17, 15) is 9.59 Å². The molecule has 0 saturated heterocycles. The van der Waals surface area contributed by atoms with Crippen LogP contribution in [0.5, 0.6) is 5.75 Å². The Morgan fingerprint density at radius 1 is 1.11 bits per heavy atom. The molecule has 1 aromatic rings. The number of amides is 2. The zero-order valence-corrected chi connectivity index (χ0v) is 17.6. The molecule has 6 heteroatoms. The first-order valence-corrected chi connectivity index (χ1v) is 9.43. The third kappa shape index (κ3) is 9.31. The molecular weight excluding hydrogens is 344 g/mol. The van der Waals surface area contributed by atoms with E-state index in [0.29, 0.717) is 12.8 Å². The highest BCUT2D eigenvalue weighted by atomic mass is 16.6. The van der Waals surface area contributed by atoms with Crippen LogP contribution in [0.3, 0.4) is 0 Å². The van der Waals surface area contributed by atoms with Crippen LogP contribution in [0.4, 0.5) is 4.79 Å². The second kappa shape index (κ2) is 10.2. The molecule has 0 aliphatic heterocycles. The Morgan fingerprint density at radius 3 is 2.33 bits per heavy atom. The van der Waals surface area contributed by atoms with Gasteiger partial charge in [-0.25, -0.2) is 4.79 Å². The summed E-state index contributed by atoms with van der Waals surface area (Å²) in [7, 11) is 1.63. The van der Waals surface area contributed by atoms with Gasteiger partial charge in [-0.15, -0.1) is 0 Å². The fourth-order valence-electron chi connectivity index (χ4n) is 2.70. The molecule has 0 bridgehead atoms. The Bertz CT molecular complexity index is 623. The monoisotopic (exact) mass is 378 g/mol. The van der Waals surface area contributed by atoms with Gasteiger partial charge in [-0.1, -0.05) is 26.0 Å². The summed E-state index contributed by atoms with van der Waals surface area (Å²) in [6.07, 6.45) is 0.629. The van der Waals surface area contributed by atoms with Crippen molar-refractivity contribution in [1.29, 1.82) is 0 Å². The van der Waals surface area contributed by atoms with Gasteiger partial charge in [-0.3, -0.25) is 4.79 Å². The highest BCUT2D eigenvalue weighted by Gasteiger charge is 2.26. The first-order valence-electron chi connectivity index (χ1n) is 9.43. The average Bonchev–Trinajstić information content (AvgIpc) is 2.51. The van der Waals surface area contributed by atoms with Crippen LogP contribution in [0.15, 0.2) is 24.3 Å². The van der Waals surface area contributed by atoms with Crippen molar-refractivity contribution < 1.29 is 19.1 Å². The zero-order chi connectivity index (χ0) is 20.6. The second-order valence-corrected chi connectivity index (χ2v) is 8.29. The zero-order valence-electron chi connectivity index (χ0n) is 17.6. The number of ether oxygens (including phenoxy) is 2. The van der Waals surface area contributed by atoms with Gasteiger partial charge in [-0.2, -0.15) is 0 Å². The molecule has 2 N–H and O–H groups in total. The third-order valence-corrected chi connectivity index (χ3v) is 3.78. The summed E-state index contributed by atoms with van der Waals surface area (Å²) >= 11 is 0. The Kier molecular flexibility index (Phi) is 8.60. The van der Waals surface area contributed by atoms with E-state index in [1.165, 1.54) is 0 Å². The molecule has 0 aliphatic rings. The van der Waals surface area contributed by atoms with E-state index in [2.05, 4.69) is 10.6 Å². The van der Waals surface area contributed by atoms with Crippen molar-refractivity contribution in [2.45, 2.75) is 72.1 Å². The van der Waals surface area contributed by atoms with Gasteiger partial charge in [0.2, 0.25) is 5.91 Å². The lowest BCUT2D eigenvalue weighted by Gasteiger charge is -2.25. The summed E-state index contributed by atoms with van der Waals surface area (Å²) in [6.45, 7) is 11.3. The first-order chi connectivity index (χ1) is 12.5. The van der Waals surface area contributed by atoms with Crippen molar-refractivity contribution >= 4 is 12.0 Å². The van der Waals surface area contributed by atoms with E-state index in [1.807, 2.05) is 45.0 Å². The third-order valence-electron chi connectivity index (χ3n) is 3.78. The molecule has 0 aliphatic carbocycles. The van der Waals surface area contributed by atoms with Crippen molar-refractivity contribution in [3.05, 3.63) is 29.8 Å². The second-order valence-electron chi connectivity index (χ2n) is 8.29. The first kappa shape index (κ1) is 22.8. The number of nitrogens with one attached hydrogen (secondary N) is 2. The maximum absolute atomic E-state index is 12.7. The summed E-state index contributed by atoms with van der Waals surface area (Å²) in [5.41, 5.74) is 0.463. The summed E-state index contributed by atoms with van der Waals surface area (Å²) in [6, 6.07) is 7.04. The van der Waals surface area contributed by atoms with E-state index in [-0.39, 0.29) is 17.9 Å².